The summed E-state index contributed by atoms with van der Waals surface area (Å²) in [5, 5.41) is 3.44. The van der Waals surface area contributed by atoms with E-state index in [1.54, 1.807) is 0 Å². The molecule has 0 fully saturated rings. The summed E-state index contributed by atoms with van der Waals surface area (Å²) < 4.78 is 5.42. The van der Waals surface area contributed by atoms with Gasteiger partial charge in [-0.1, -0.05) is 19.1 Å². The molecule has 1 aromatic rings. The summed E-state index contributed by atoms with van der Waals surface area (Å²) in [5.74, 6) is 0. The summed E-state index contributed by atoms with van der Waals surface area (Å²) in [6, 6.07) is 6.82. The molecule has 18 heavy (non-hydrogen) atoms. The van der Waals surface area contributed by atoms with Crippen molar-refractivity contribution in [1.29, 1.82) is 0 Å². The lowest BCUT2D eigenvalue weighted by Crippen LogP contribution is -2.27. The van der Waals surface area contributed by atoms with Crippen LogP contribution in [0.1, 0.15) is 25.0 Å². The Bertz CT molecular complexity index is 379. The minimum Gasteiger partial charge on any atom is -0.384 e. The van der Waals surface area contributed by atoms with Crippen molar-refractivity contribution in [3.63, 3.8) is 0 Å². The van der Waals surface area contributed by atoms with Gasteiger partial charge in [-0.15, -0.1) is 0 Å². The molecule has 0 bridgehead atoms. The topological polar surface area (TPSA) is 24.5 Å². The van der Waals surface area contributed by atoms with Gasteiger partial charge in [-0.2, -0.15) is 0 Å². The third-order valence-corrected chi connectivity index (χ3v) is 3.49. The lowest BCUT2D eigenvalue weighted by Gasteiger charge is -2.20. The fourth-order valence-corrected chi connectivity index (χ4v) is 2.38. The van der Waals surface area contributed by atoms with E-state index >= 15 is 0 Å². The van der Waals surface area contributed by atoms with E-state index in [2.05, 4.69) is 35.3 Å². The Labute approximate surface area is 110 Å². The summed E-state index contributed by atoms with van der Waals surface area (Å²) >= 11 is 0. The molecule has 0 saturated carbocycles. The maximum atomic E-state index is 5.42. The van der Waals surface area contributed by atoms with Gasteiger partial charge < -0.3 is 10.1 Å². The van der Waals surface area contributed by atoms with Crippen LogP contribution in [0.25, 0.3) is 0 Å². The summed E-state index contributed by atoms with van der Waals surface area (Å²) in [6.45, 7) is 10.1. The SMILES string of the molecule is CCOCCN(CC)Cc1ccc2c(c1)NCC2. The summed E-state index contributed by atoms with van der Waals surface area (Å²) in [7, 11) is 0. The highest BCUT2D eigenvalue weighted by Crippen LogP contribution is 2.23. The van der Waals surface area contributed by atoms with Crippen LogP contribution in [0.2, 0.25) is 0 Å². The predicted molar refractivity (Wildman–Crippen MR) is 76.1 cm³/mol. The molecule has 1 aliphatic heterocycles. The van der Waals surface area contributed by atoms with Crippen molar-refractivity contribution in [1.82, 2.24) is 4.90 Å². The second kappa shape index (κ2) is 6.76. The Morgan fingerprint density at radius 2 is 2.22 bits per heavy atom. The first kappa shape index (κ1) is 13.4. The second-order valence-corrected chi connectivity index (χ2v) is 4.73. The fourth-order valence-electron chi connectivity index (χ4n) is 2.38. The molecule has 0 saturated heterocycles. The van der Waals surface area contributed by atoms with Gasteiger partial charge in [-0.25, -0.2) is 0 Å². The molecule has 0 aromatic heterocycles. The Kier molecular flexibility index (Phi) is 5.02. The normalized spacial score (nSPS) is 13.7. The van der Waals surface area contributed by atoms with E-state index in [0.29, 0.717) is 0 Å². The van der Waals surface area contributed by atoms with Crippen molar-refractivity contribution in [2.24, 2.45) is 0 Å². The molecule has 3 nitrogen and oxygen atoms in total. The van der Waals surface area contributed by atoms with E-state index in [-0.39, 0.29) is 0 Å². The van der Waals surface area contributed by atoms with Gasteiger partial charge in [0.25, 0.3) is 0 Å². The maximum absolute atomic E-state index is 5.42. The molecule has 0 spiro atoms. The van der Waals surface area contributed by atoms with Crippen molar-refractivity contribution in [3.8, 4) is 0 Å². The van der Waals surface area contributed by atoms with E-state index in [1.165, 1.54) is 16.8 Å². The Morgan fingerprint density at radius 3 is 3.00 bits per heavy atom. The van der Waals surface area contributed by atoms with Gasteiger partial charge in [0, 0.05) is 31.9 Å². The summed E-state index contributed by atoms with van der Waals surface area (Å²) in [6.07, 6.45) is 1.16. The molecule has 0 unspecified atom stereocenters. The smallest absolute Gasteiger partial charge is 0.0593 e. The van der Waals surface area contributed by atoms with Gasteiger partial charge in [0.15, 0.2) is 0 Å². The molecule has 1 aliphatic rings. The minimum absolute atomic E-state index is 0.806. The van der Waals surface area contributed by atoms with Crippen LogP contribution in [-0.4, -0.2) is 37.7 Å². The van der Waals surface area contributed by atoms with Crippen LogP contribution in [0.5, 0.6) is 0 Å². The van der Waals surface area contributed by atoms with Gasteiger partial charge in [-0.3, -0.25) is 4.90 Å². The zero-order chi connectivity index (χ0) is 12.8. The van der Waals surface area contributed by atoms with Crippen LogP contribution >= 0.6 is 0 Å². The Hall–Kier alpha value is -1.06. The van der Waals surface area contributed by atoms with Crippen LogP contribution < -0.4 is 5.32 Å². The number of nitrogens with one attached hydrogen (secondary N) is 1. The third kappa shape index (κ3) is 3.47. The zero-order valence-electron chi connectivity index (χ0n) is 11.5. The number of hydrogen-bond donors (Lipinski definition) is 1. The van der Waals surface area contributed by atoms with E-state index in [9.17, 15) is 0 Å². The average molecular weight is 248 g/mol. The quantitative estimate of drug-likeness (QED) is 0.750. The average Bonchev–Trinajstić information content (AvgIpc) is 2.85. The van der Waals surface area contributed by atoms with Crippen molar-refractivity contribution < 1.29 is 4.74 Å². The van der Waals surface area contributed by atoms with Gasteiger partial charge in [0.2, 0.25) is 0 Å². The molecule has 0 amide bonds. The van der Waals surface area contributed by atoms with Crippen LogP contribution in [0.3, 0.4) is 0 Å². The molecule has 3 heteroatoms. The summed E-state index contributed by atoms with van der Waals surface area (Å²) in [5.41, 5.74) is 4.17. The summed E-state index contributed by atoms with van der Waals surface area (Å²) in [4.78, 5) is 2.42. The molecule has 0 aliphatic carbocycles. The minimum atomic E-state index is 0.806. The number of hydrogen-bond acceptors (Lipinski definition) is 3. The van der Waals surface area contributed by atoms with E-state index in [0.717, 1.165) is 45.8 Å². The van der Waals surface area contributed by atoms with Crippen molar-refractivity contribution >= 4 is 5.69 Å². The highest BCUT2D eigenvalue weighted by atomic mass is 16.5. The molecule has 0 radical (unpaired) electrons. The monoisotopic (exact) mass is 248 g/mol. The standard InChI is InChI=1S/C15H24N2O/c1-3-17(9-10-18-4-2)12-13-5-6-14-7-8-16-15(14)11-13/h5-6,11,16H,3-4,7-10,12H2,1-2H3. The third-order valence-electron chi connectivity index (χ3n) is 3.49. The number of benzene rings is 1. The molecule has 0 atom stereocenters. The van der Waals surface area contributed by atoms with Crippen LogP contribution in [-0.2, 0) is 17.7 Å². The van der Waals surface area contributed by atoms with Gasteiger partial charge >= 0.3 is 0 Å². The van der Waals surface area contributed by atoms with Gasteiger partial charge in [0.1, 0.15) is 0 Å². The molecular weight excluding hydrogens is 224 g/mol. The Balaban J connectivity index is 1.90. The van der Waals surface area contributed by atoms with Crippen molar-refractivity contribution in [3.05, 3.63) is 29.3 Å². The first-order valence-electron chi connectivity index (χ1n) is 6.99. The van der Waals surface area contributed by atoms with Crippen LogP contribution in [0.4, 0.5) is 5.69 Å². The number of likely N-dealkylation sites (N-methyl/N-ethyl adjacent to an activating group) is 1. The van der Waals surface area contributed by atoms with Gasteiger partial charge in [0.05, 0.1) is 6.61 Å². The molecule has 2 rings (SSSR count). The number of ether oxygens (including phenoxy) is 1. The molecule has 1 aromatic carbocycles. The van der Waals surface area contributed by atoms with Gasteiger partial charge in [-0.05, 0) is 37.1 Å². The molecule has 1 heterocycles. The fraction of sp³-hybridized carbons (Fsp3) is 0.600. The highest BCUT2D eigenvalue weighted by molar-refractivity contribution is 5.56. The van der Waals surface area contributed by atoms with Crippen LogP contribution in [0, 0.1) is 0 Å². The number of nitrogens with zero attached hydrogens (tertiary/aromatic N) is 1. The number of fused-ring (bicyclic) bond motifs is 1. The zero-order valence-corrected chi connectivity index (χ0v) is 11.5. The van der Waals surface area contributed by atoms with Crippen LogP contribution in [0.15, 0.2) is 18.2 Å². The molecule has 1 N–H and O–H groups in total. The predicted octanol–water partition coefficient (Wildman–Crippen LogP) is 2.51. The molecular formula is C15H24N2O. The lowest BCUT2D eigenvalue weighted by molar-refractivity contribution is 0.113. The van der Waals surface area contributed by atoms with E-state index in [4.69, 9.17) is 4.74 Å². The second-order valence-electron chi connectivity index (χ2n) is 4.73. The number of rotatable bonds is 7. The maximum Gasteiger partial charge on any atom is 0.0593 e. The van der Waals surface area contributed by atoms with Crippen molar-refractivity contribution in [2.45, 2.75) is 26.8 Å². The van der Waals surface area contributed by atoms with E-state index in [1.807, 2.05) is 6.92 Å². The molecule has 100 valence electrons. The Morgan fingerprint density at radius 1 is 1.33 bits per heavy atom. The van der Waals surface area contributed by atoms with Crippen molar-refractivity contribution in [2.75, 3.05) is 38.2 Å². The largest absolute Gasteiger partial charge is 0.384 e. The lowest BCUT2D eigenvalue weighted by atomic mass is 10.1. The highest BCUT2D eigenvalue weighted by Gasteiger charge is 2.11. The first-order valence-corrected chi connectivity index (χ1v) is 6.99. The first-order chi connectivity index (χ1) is 8.83. The number of anilines is 1. The van der Waals surface area contributed by atoms with E-state index < -0.39 is 0 Å².